The van der Waals surface area contributed by atoms with Gasteiger partial charge < -0.3 is 0 Å². The Kier molecular flexibility index (Phi) is 3.70. The summed E-state index contributed by atoms with van der Waals surface area (Å²) in [5.74, 6) is -0.983. The molecule has 3 aromatic rings. The normalized spacial score (nSPS) is 12.6. The standard InChI is InChI=1S/C14H9ClFNO4S2/c15-22(18,19)14-9-10-5-1-3-7-12(10)17(14)23(20,21)13-8-4-2-6-11(13)16/h1-9H. The third-order valence-corrected chi connectivity index (χ3v) is 6.39. The summed E-state index contributed by atoms with van der Waals surface area (Å²) in [5.41, 5.74) is 0.0926. The van der Waals surface area contributed by atoms with Crippen LogP contribution in [0.4, 0.5) is 4.39 Å². The highest BCUT2D eigenvalue weighted by Crippen LogP contribution is 2.30. The van der Waals surface area contributed by atoms with Gasteiger partial charge >= 0.3 is 0 Å². The number of nitrogens with zero attached hydrogens (tertiary/aromatic N) is 1. The lowest BCUT2D eigenvalue weighted by Gasteiger charge is -2.11. The molecule has 0 radical (unpaired) electrons. The zero-order chi connectivity index (χ0) is 16.8. The highest BCUT2D eigenvalue weighted by molar-refractivity contribution is 8.14. The smallest absolute Gasteiger partial charge is 0.221 e. The fourth-order valence-electron chi connectivity index (χ4n) is 2.27. The van der Waals surface area contributed by atoms with Crippen molar-refractivity contribution in [1.82, 2.24) is 3.97 Å². The molecule has 2 aromatic carbocycles. The average molecular weight is 374 g/mol. The Labute approximate surface area is 136 Å². The second-order valence-electron chi connectivity index (χ2n) is 4.68. The topological polar surface area (TPSA) is 73.2 Å². The summed E-state index contributed by atoms with van der Waals surface area (Å²) in [6.07, 6.45) is 0. The maximum Gasteiger partial charge on any atom is 0.277 e. The van der Waals surface area contributed by atoms with Crippen molar-refractivity contribution in [3.63, 3.8) is 0 Å². The highest BCUT2D eigenvalue weighted by atomic mass is 35.7. The Morgan fingerprint density at radius 1 is 0.913 bits per heavy atom. The van der Waals surface area contributed by atoms with E-state index in [0.29, 0.717) is 9.36 Å². The number of benzene rings is 2. The van der Waals surface area contributed by atoms with Crippen molar-refractivity contribution in [3.8, 4) is 0 Å². The lowest BCUT2D eigenvalue weighted by Crippen LogP contribution is -2.17. The number of aromatic nitrogens is 1. The first-order valence-corrected chi connectivity index (χ1v) is 10.0. The molecule has 0 aliphatic rings. The molecule has 0 bridgehead atoms. The van der Waals surface area contributed by atoms with E-state index in [9.17, 15) is 21.2 Å². The molecule has 9 heteroatoms. The fraction of sp³-hybridized carbons (Fsp3) is 0. The van der Waals surface area contributed by atoms with Crippen LogP contribution in [-0.2, 0) is 19.1 Å². The molecule has 0 amide bonds. The predicted molar refractivity (Wildman–Crippen MR) is 84.0 cm³/mol. The molecule has 0 atom stereocenters. The van der Waals surface area contributed by atoms with Crippen LogP contribution in [-0.4, -0.2) is 20.8 Å². The monoisotopic (exact) mass is 373 g/mol. The van der Waals surface area contributed by atoms with E-state index < -0.39 is 34.8 Å². The number of fused-ring (bicyclic) bond motifs is 1. The highest BCUT2D eigenvalue weighted by Gasteiger charge is 2.30. The van der Waals surface area contributed by atoms with Crippen molar-refractivity contribution in [1.29, 1.82) is 0 Å². The van der Waals surface area contributed by atoms with Crippen LogP contribution >= 0.6 is 10.7 Å². The summed E-state index contributed by atoms with van der Waals surface area (Å²) in [6.45, 7) is 0. The predicted octanol–water partition coefficient (Wildman–Crippen LogP) is 2.94. The first kappa shape index (κ1) is 16.0. The van der Waals surface area contributed by atoms with Crippen LogP contribution in [0.2, 0.25) is 0 Å². The molecule has 0 N–H and O–H groups in total. The molecule has 0 unspecified atom stereocenters. The van der Waals surface area contributed by atoms with Gasteiger partial charge in [0.15, 0.2) is 5.03 Å². The summed E-state index contributed by atoms with van der Waals surface area (Å²) in [6, 6.07) is 12.0. The van der Waals surface area contributed by atoms with Gasteiger partial charge in [-0.2, -0.15) is 0 Å². The average Bonchev–Trinajstić information content (AvgIpc) is 2.87. The van der Waals surface area contributed by atoms with Crippen LogP contribution in [0.3, 0.4) is 0 Å². The SMILES string of the molecule is O=S(=O)(Cl)c1cc2ccccc2n1S(=O)(=O)c1ccccc1F. The van der Waals surface area contributed by atoms with Crippen LogP contribution < -0.4 is 0 Å². The van der Waals surface area contributed by atoms with Gasteiger partial charge in [0.2, 0.25) is 0 Å². The van der Waals surface area contributed by atoms with Gasteiger partial charge in [0.25, 0.3) is 19.1 Å². The first-order valence-electron chi connectivity index (χ1n) is 6.28. The number of hydrogen-bond donors (Lipinski definition) is 0. The molecular formula is C14H9ClFNO4S2. The van der Waals surface area contributed by atoms with Gasteiger partial charge in [-0.25, -0.2) is 25.2 Å². The van der Waals surface area contributed by atoms with Crippen molar-refractivity contribution in [2.45, 2.75) is 9.92 Å². The molecule has 3 rings (SSSR count). The Bertz CT molecular complexity index is 1120. The third kappa shape index (κ3) is 2.62. The molecule has 0 aliphatic carbocycles. The molecule has 0 saturated carbocycles. The molecule has 0 fully saturated rings. The van der Waals surface area contributed by atoms with E-state index in [1.165, 1.54) is 24.3 Å². The van der Waals surface area contributed by atoms with Crippen LogP contribution in [0.15, 0.2) is 64.5 Å². The summed E-state index contributed by atoms with van der Waals surface area (Å²) in [5, 5.41) is -0.282. The molecular weight excluding hydrogens is 365 g/mol. The lowest BCUT2D eigenvalue weighted by molar-refractivity contribution is 0.556. The minimum absolute atomic E-state index is 0.0926. The fourth-order valence-corrected chi connectivity index (χ4v) is 5.37. The van der Waals surface area contributed by atoms with Gasteiger partial charge in [-0.3, -0.25) is 0 Å². The first-order chi connectivity index (χ1) is 10.7. The Morgan fingerprint density at radius 2 is 1.52 bits per heavy atom. The second-order valence-corrected chi connectivity index (χ2v) is 8.95. The molecule has 5 nitrogen and oxygen atoms in total. The van der Waals surface area contributed by atoms with E-state index in [4.69, 9.17) is 10.7 Å². The van der Waals surface area contributed by atoms with Crippen molar-refractivity contribution < 1.29 is 21.2 Å². The molecule has 120 valence electrons. The largest absolute Gasteiger partial charge is 0.277 e. The summed E-state index contributed by atoms with van der Waals surface area (Å²) >= 11 is 0. The summed E-state index contributed by atoms with van der Waals surface area (Å²) in [4.78, 5) is -0.636. The minimum Gasteiger partial charge on any atom is -0.221 e. The number of para-hydroxylation sites is 1. The maximum atomic E-state index is 13.9. The van der Waals surface area contributed by atoms with E-state index >= 15 is 0 Å². The van der Waals surface area contributed by atoms with E-state index in [2.05, 4.69) is 0 Å². The van der Waals surface area contributed by atoms with Crippen molar-refractivity contribution in [2.24, 2.45) is 0 Å². The quantitative estimate of drug-likeness (QED) is 0.662. The van der Waals surface area contributed by atoms with E-state index in [-0.39, 0.29) is 5.52 Å². The summed E-state index contributed by atoms with van der Waals surface area (Å²) in [7, 11) is -3.49. The van der Waals surface area contributed by atoms with Crippen LogP contribution in [0, 0.1) is 5.82 Å². The number of hydrogen-bond acceptors (Lipinski definition) is 4. The van der Waals surface area contributed by atoms with Crippen LogP contribution in [0.25, 0.3) is 10.9 Å². The minimum atomic E-state index is -4.49. The van der Waals surface area contributed by atoms with Crippen LogP contribution in [0.1, 0.15) is 0 Å². The third-order valence-electron chi connectivity index (χ3n) is 3.24. The number of rotatable bonds is 3. The van der Waals surface area contributed by atoms with Crippen molar-refractivity contribution >= 4 is 40.7 Å². The molecule has 0 aliphatic heterocycles. The van der Waals surface area contributed by atoms with E-state index in [1.54, 1.807) is 12.1 Å². The van der Waals surface area contributed by atoms with Gasteiger partial charge in [-0.1, -0.05) is 30.3 Å². The zero-order valence-electron chi connectivity index (χ0n) is 11.3. The molecule has 0 spiro atoms. The van der Waals surface area contributed by atoms with Gasteiger partial charge in [0.1, 0.15) is 10.7 Å². The molecule has 0 saturated heterocycles. The van der Waals surface area contributed by atoms with Crippen molar-refractivity contribution in [2.75, 3.05) is 0 Å². The Balaban J connectivity index is 2.47. The Hall–Kier alpha value is -1.90. The van der Waals surface area contributed by atoms with Gasteiger partial charge in [0, 0.05) is 16.1 Å². The summed E-state index contributed by atoms with van der Waals surface area (Å²) < 4.78 is 63.6. The van der Waals surface area contributed by atoms with Crippen LogP contribution in [0.5, 0.6) is 0 Å². The van der Waals surface area contributed by atoms with Gasteiger partial charge in [-0.15, -0.1) is 0 Å². The number of halogens is 2. The molecule has 1 heterocycles. The van der Waals surface area contributed by atoms with Gasteiger partial charge in [0.05, 0.1) is 5.52 Å². The second kappa shape index (κ2) is 5.33. The zero-order valence-corrected chi connectivity index (χ0v) is 13.7. The molecule has 23 heavy (non-hydrogen) atoms. The van der Waals surface area contributed by atoms with E-state index in [0.717, 1.165) is 18.2 Å². The van der Waals surface area contributed by atoms with Crippen molar-refractivity contribution in [3.05, 3.63) is 60.4 Å². The lowest BCUT2D eigenvalue weighted by atomic mass is 10.3. The Morgan fingerprint density at radius 3 is 2.17 bits per heavy atom. The van der Waals surface area contributed by atoms with E-state index in [1.807, 2.05) is 0 Å². The molecule has 1 aromatic heterocycles. The maximum absolute atomic E-state index is 13.9. The van der Waals surface area contributed by atoms with Gasteiger partial charge in [-0.05, 0) is 24.3 Å².